The van der Waals surface area contributed by atoms with Gasteiger partial charge in [0.2, 0.25) is 0 Å². The molecule has 4 nitrogen and oxygen atoms in total. The molecule has 0 atom stereocenters. The number of rotatable bonds is 4. The van der Waals surface area contributed by atoms with Crippen molar-refractivity contribution in [2.45, 2.75) is 13.3 Å². The molecule has 7 heteroatoms. The van der Waals surface area contributed by atoms with Crippen molar-refractivity contribution in [1.29, 1.82) is 0 Å². The second-order valence-electron chi connectivity index (χ2n) is 5.11. The first-order valence-electron chi connectivity index (χ1n) is 7.10. The predicted octanol–water partition coefficient (Wildman–Crippen LogP) is 5.42. The Morgan fingerprint density at radius 3 is 2.79 bits per heavy atom. The molecule has 0 fully saturated rings. The molecule has 0 aliphatic rings. The van der Waals surface area contributed by atoms with Gasteiger partial charge in [0, 0.05) is 16.4 Å². The van der Waals surface area contributed by atoms with Crippen molar-refractivity contribution in [3.8, 4) is 0 Å². The van der Waals surface area contributed by atoms with E-state index in [0.717, 1.165) is 15.7 Å². The van der Waals surface area contributed by atoms with Crippen LogP contribution in [0.2, 0.25) is 0 Å². The molecule has 3 aromatic rings. The Morgan fingerprint density at radius 1 is 1.29 bits per heavy atom. The van der Waals surface area contributed by atoms with Crippen molar-refractivity contribution < 1.29 is 8.78 Å². The van der Waals surface area contributed by atoms with E-state index in [2.05, 4.69) is 42.8 Å². The van der Waals surface area contributed by atoms with Crippen molar-refractivity contribution >= 4 is 44.5 Å². The summed E-state index contributed by atoms with van der Waals surface area (Å²) in [4.78, 5) is 12.1. The summed E-state index contributed by atoms with van der Waals surface area (Å²) >= 11 is 3.45. The third-order valence-corrected chi connectivity index (χ3v) is 4.39. The molecule has 122 valence electrons. The molecule has 0 bridgehead atoms. The van der Waals surface area contributed by atoms with Crippen molar-refractivity contribution in [3.05, 3.63) is 58.5 Å². The monoisotopic (exact) mass is 390 g/mol. The number of nitrogens with zero attached hydrogens (tertiary/aromatic N) is 3. The summed E-state index contributed by atoms with van der Waals surface area (Å²) in [5.41, 5.74) is 3.15. The van der Waals surface area contributed by atoms with Gasteiger partial charge in [-0.2, -0.15) is 0 Å². The van der Waals surface area contributed by atoms with Crippen LogP contribution in [0.15, 0.2) is 41.5 Å². The molecule has 24 heavy (non-hydrogen) atoms. The lowest BCUT2D eigenvalue weighted by atomic mass is 10.2. The zero-order valence-corrected chi connectivity index (χ0v) is 14.3. The lowest BCUT2D eigenvalue weighted by Gasteiger charge is -2.13. The van der Waals surface area contributed by atoms with Gasteiger partial charge in [-0.15, -0.1) is 0 Å². The lowest BCUT2D eigenvalue weighted by Crippen LogP contribution is -2.04. The van der Waals surface area contributed by atoms with Crippen LogP contribution in [0.25, 0.3) is 17.1 Å². The SMILES string of the molecule is C=Cc1cnc2c(Nc3cccc(Br)c3C)nc(C(F)F)nc2c1. The van der Waals surface area contributed by atoms with Crippen LogP contribution < -0.4 is 5.32 Å². The van der Waals surface area contributed by atoms with E-state index in [0.29, 0.717) is 16.6 Å². The Balaban J connectivity index is 2.18. The van der Waals surface area contributed by atoms with Gasteiger partial charge >= 0.3 is 0 Å². The average Bonchev–Trinajstić information content (AvgIpc) is 2.58. The lowest BCUT2D eigenvalue weighted by molar-refractivity contribution is 0.141. The molecule has 1 N–H and O–H groups in total. The van der Waals surface area contributed by atoms with Gasteiger partial charge in [-0.3, -0.25) is 4.98 Å². The fourth-order valence-corrected chi connectivity index (χ4v) is 2.59. The fourth-order valence-electron chi connectivity index (χ4n) is 2.22. The number of hydrogen-bond acceptors (Lipinski definition) is 4. The minimum Gasteiger partial charge on any atom is -0.338 e. The van der Waals surface area contributed by atoms with Gasteiger partial charge < -0.3 is 5.32 Å². The minimum atomic E-state index is -2.77. The zero-order valence-electron chi connectivity index (χ0n) is 12.7. The van der Waals surface area contributed by atoms with Crippen LogP contribution in [0.5, 0.6) is 0 Å². The Labute approximate surface area is 145 Å². The fraction of sp³-hybridized carbons (Fsp3) is 0.118. The molecule has 0 radical (unpaired) electrons. The van der Waals surface area contributed by atoms with Crippen LogP contribution >= 0.6 is 15.9 Å². The van der Waals surface area contributed by atoms with Crippen LogP contribution in [0, 0.1) is 6.92 Å². The highest BCUT2D eigenvalue weighted by Gasteiger charge is 2.17. The molecule has 0 aliphatic carbocycles. The molecule has 3 rings (SSSR count). The summed E-state index contributed by atoms with van der Waals surface area (Å²) in [6.45, 7) is 5.56. The smallest absolute Gasteiger partial charge is 0.297 e. The number of aromatic nitrogens is 3. The van der Waals surface area contributed by atoms with Crippen molar-refractivity contribution in [2.75, 3.05) is 5.32 Å². The second-order valence-corrected chi connectivity index (χ2v) is 5.96. The van der Waals surface area contributed by atoms with E-state index >= 15 is 0 Å². The van der Waals surface area contributed by atoms with Gasteiger partial charge in [0.15, 0.2) is 11.6 Å². The largest absolute Gasteiger partial charge is 0.338 e. The number of halogens is 3. The Hall–Kier alpha value is -2.41. The van der Waals surface area contributed by atoms with Gasteiger partial charge in [-0.25, -0.2) is 18.7 Å². The van der Waals surface area contributed by atoms with Gasteiger partial charge in [-0.1, -0.05) is 34.7 Å². The predicted molar refractivity (Wildman–Crippen MR) is 94.5 cm³/mol. The Morgan fingerprint density at radius 2 is 2.08 bits per heavy atom. The highest BCUT2D eigenvalue weighted by molar-refractivity contribution is 9.10. The van der Waals surface area contributed by atoms with E-state index < -0.39 is 12.2 Å². The van der Waals surface area contributed by atoms with E-state index in [1.165, 1.54) is 0 Å². The highest BCUT2D eigenvalue weighted by atomic mass is 79.9. The van der Waals surface area contributed by atoms with Crippen LogP contribution in [0.1, 0.15) is 23.4 Å². The minimum absolute atomic E-state index is 0.243. The molecule has 0 unspecified atom stereocenters. The number of anilines is 2. The van der Waals surface area contributed by atoms with Crippen molar-refractivity contribution in [2.24, 2.45) is 0 Å². The van der Waals surface area contributed by atoms with Gasteiger partial charge in [0.1, 0.15) is 5.52 Å². The van der Waals surface area contributed by atoms with Crippen LogP contribution in [-0.4, -0.2) is 15.0 Å². The molecule has 1 aromatic carbocycles. The normalized spacial score (nSPS) is 11.0. The molecule has 0 saturated carbocycles. The summed E-state index contributed by atoms with van der Waals surface area (Å²) < 4.78 is 27.2. The van der Waals surface area contributed by atoms with Gasteiger partial charge in [0.05, 0.1) is 5.52 Å². The van der Waals surface area contributed by atoms with Crippen LogP contribution in [-0.2, 0) is 0 Å². The number of pyridine rings is 1. The molecule has 0 amide bonds. The van der Waals surface area contributed by atoms with Crippen molar-refractivity contribution in [3.63, 3.8) is 0 Å². The van der Waals surface area contributed by atoms with E-state index in [-0.39, 0.29) is 5.82 Å². The van der Waals surface area contributed by atoms with Gasteiger partial charge in [-0.05, 0) is 36.2 Å². The number of benzene rings is 1. The highest BCUT2D eigenvalue weighted by Crippen LogP contribution is 2.30. The summed E-state index contributed by atoms with van der Waals surface area (Å²) in [5.74, 6) is -0.298. The van der Waals surface area contributed by atoms with E-state index in [1.807, 2.05) is 25.1 Å². The maximum Gasteiger partial charge on any atom is 0.297 e. The average molecular weight is 391 g/mol. The van der Waals surface area contributed by atoms with Crippen LogP contribution in [0.4, 0.5) is 20.3 Å². The molecular weight excluding hydrogens is 378 g/mol. The molecule has 2 heterocycles. The Kier molecular flexibility index (Phi) is 4.53. The molecule has 0 spiro atoms. The summed E-state index contributed by atoms with van der Waals surface area (Å²) in [6, 6.07) is 7.24. The zero-order chi connectivity index (χ0) is 17.3. The van der Waals surface area contributed by atoms with E-state index in [4.69, 9.17) is 0 Å². The molecule has 0 saturated heterocycles. The summed E-state index contributed by atoms with van der Waals surface area (Å²) in [5, 5.41) is 3.09. The third kappa shape index (κ3) is 3.12. The van der Waals surface area contributed by atoms with E-state index in [1.54, 1.807) is 18.3 Å². The molecule has 2 aromatic heterocycles. The van der Waals surface area contributed by atoms with Crippen molar-refractivity contribution in [1.82, 2.24) is 15.0 Å². The molecular formula is C17H13BrF2N4. The van der Waals surface area contributed by atoms with Crippen LogP contribution in [0.3, 0.4) is 0 Å². The summed E-state index contributed by atoms with van der Waals surface area (Å²) in [6.07, 6.45) is 0.410. The van der Waals surface area contributed by atoms with Gasteiger partial charge in [0.25, 0.3) is 6.43 Å². The number of fused-ring (bicyclic) bond motifs is 1. The third-order valence-electron chi connectivity index (χ3n) is 3.53. The Bertz CT molecular complexity index is 928. The second kappa shape index (κ2) is 6.60. The first-order valence-corrected chi connectivity index (χ1v) is 7.89. The first kappa shape index (κ1) is 16.4. The summed E-state index contributed by atoms with van der Waals surface area (Å²) in [7, 11) is 0. The first-order chi connectivity index (χ1) is 11.5. The number of hydrogen-bond donors (Lipinski definition) is 1. The standard InChI is InChI=1S/C17H13BrF2N4/c1-3-10-7-13-14(21-8-10)16(24-17(23-13)15(19)20)22-12-6-4-5-11(18)9(12)2/h3-8,15H,1H2,2H3,(H,22,23,24). The quantitative estimate of drug-likeness (QED) is 0.645. The molecule has 0 aliphatic heterocycles. The van der Waals surface area contributed by atoms with E-state index in [9.17, 15) is 8.78 Å². The topological polar surface area (TPSA) is 50.7 Å². The maximum atomic E-state index is 13.1. The maximum absolute atomic E-state index is 13.1. The number of alkyl halides is 2. The number of nitrogens with one attached hydrogen (secondary N) is 1.